The molecule has 0 bridgehead atoms. The van der Waals surface area contributed by atoms with E-state index in [1.807, 2.05) is 0 Å². The topological polar surface area (TPSA) is 120 Å². The number of carbonyl (C=O) groups is 2. The van der Waals surface area contributed by atoms with Crippen LogP contribution in [-0.4, -0.2) is 44.3 Å². The number of nitrogens with zero attached hydrogens (tertiary/aromatic N) is 2. The molecule has 0 fully saturated rings. The van der Waals surface area contributed by atoms with Crippen LogP contribution in [0.5, 0.6) is 11.5 Å². The molecular formula is C20H21N3O7. The summed E-state index contributed by atoms with van der Waals surface area (Å²) in [4.78, 5) is 36.6. The van der Waals surface area contributed by atoms with Gasteiger partial charge in [0.05, 0.1) is 16.5 Å². The largest absolute Gasteiger partial charge is 0.454 e. The molecule has 1 atom stereocenters. The Labute approximate surface area is 172 Å². The third-order valence-corrected chi connectivity index (χ3v) is 4.50. The maximum absolute atomic E-state index is 12.2. The minimum Gasteiger partial charge on any atom is -0.454 e. The molecule has 0 radical (unpaired) electrons. The molecule has 1 heterocycles. The molecule has 2 aromatic carbocycles. The number of nitro groups is 1. The predicted molar refractivity (Wildman–Crippen MR) is 107 cm³/mol. The van der Waals surface area contributed by atoms with Crippen molar-refractivity contribution in [3.8, 4) is 11.5 Å². The molecule has 0 aromatic heterocycles. The van der Waals surface area contributed by atoms with Crippen LogP contribution >= 0.6 is 0 Å². The smallest absolute Gasteiger partial charge is 0.338 e. The van der Waals surface area contributed by atoms with Gasteiger partial charge < -0.3 is 24.4 Å². The van der Waals surface area contributed by atoms with Gasteiger partial charge in [-0.15, -0.1) is 0 Å². The summed E-state index contributed by atoms with van der Waals surface area (Å²) >= 11 is 0. The number of ether oxygens (including phenoxy) is 3. The lowest BCUT2D eigenvalue weighted by atomic mass is 10.1. The quantitative estimate of drug-likeness (QED) is 0.416. The van der Waals surface area contributed by atoms with Crippen LogP contribution in [0.1, 0.15) is 28.9 Å². The first-order valence-corrected chi connectivity index (χ1v) is 9.08. The van der Waals surface area contributed by atoms with E-state index in [-0.39, 0.29) is 24.1 Å². The molecule has 0 unspecified atom stereocenters. The van der Waals surface area contributed by atoms with Crippen molar-refractivity contribution in [2.75, 3.05) is 32.4 Å². The van der Waals surface area contributed by atoms with E-state index in [1.54, 1.807) is 44.1 Å². The standard InChI is InChI=1S/C20H21N3O7/c1-12(13-5-7-17-18(9-13)30-11-29-17)21-19(24)10-28-20(25)14-4-6-15(22(2)3)16(8-14)23(26)27/h4-9,12H,10-11H2,1-3H3,(H,21,24)/t12-/m1/s1. The highest BCUT2D eigenvalue weighted by Gasteiger charge is 2.21. The highest BCUT2D eigenvalue weighted by atomic mass is 16.7. The summed E-state index contributed by atoms with van der Waals surface area (Å²) in [6.07, 6.45) is 0. The summed E-state index contributed by atoms with van der Waals surface area (Å²) in [5, 5.41) is 14.0. The van der Waals surface area contributed by atoms with Crippen LogP contribution in [0.25, 0.3) is 0 Å². The number of carbonyl (C=O) groups excluding carboxylic acids is 2. The highest BCUT2D eigenvalue weighted by molar-refractivity contribution is 5.93. The molecule has 30 heavy (non-hydrogen) atoms. The van der Waals surface area contributed by atoms with Crippen molar-refractivity contribution in [2.24, 2.45) is 0 Å². The Balaban J connectivity index is 1.58. The number of rotatable bonds is 7. The maximum Gasteiger partial charge on any atom is 0.338 e. The first-order chi connectivity index (χ1) is 14.3. The third-order valence-electron chi connectivity index (χ3n) is 4.50. The first-order valence-electron chi connectivity index (χ1n) is 9.08. The molecule has 1 aliphatic heterocycles. The van der Waals surface area contributed by atoms with E-state index in [0.29, 0.717) is 17.2 Å². The second-order valence-electron chi connectivity index (χ2n) is 6.83. The molecule has 0 saturated heterocycles. The van der Waals surface area contributed by atoms with Crippen molar-refractivity contribution in [3.63, 3.8) is 0 Å². The van der Waals surface area contributed by atoms with Crippen LogP contribution in [0.4, 0.5) is 11.4 Å². The van der Waals surface area contributed by atoms with Crippen molar-refractivity contribution in [1.82, 2.24) is 5.32 Å². The summed E-state index contributed by atoms with van der Waals surface area (Å²) in [7, 11) is 3.32. The minimum absolute atomic E-state index is 0.0103. The molecule has 0 saturated carbocycles. The summed E-state index contributed by atoms with van der Waals surface area (Å²) < 4.78 is 15.6. The van der Waals surface area contributed by atoms with Gasteiger partial charge in [0.1, 0.15) is 5.69 Å². The number of nitrogens with one attached hydrogen (secondary N) is 1. The van der Waals surface area contributed by atoms with Gasteiger partial charge in [0, 0.05) is 20.2 Å². The number of anilines is 1. The number of nitro benzene ring substituents is 1. The molecule has 10 nitrogen and oxygen atoms in total. The maximum atomic E-state index is 12.2. The van der Waals surface area contributed by atoms with Gasteiger partial charge in [-0.3, -0.25) is 14.9 Å². The zero-order valence-corrected chi connectivity index (χ0v) is 16.7. The van der Waals surface area contributed by atoms with Gasteiger partial charge >= 0.3 is 5.97 Å². The van der Waals surface area contributed by atoms with Crippen LogP contribution in [0.15, 0.2) is 36.4 Å². The van der Waals surface area contributed by atoms with Crippen LogP contribution < -0.4 is 19.7 Å². The van der Waals surface area contributed by atoms with Crippen molar-refractivity contribution >= 4 is 23.3 Å². The number of hydrogen-bond acceptors (Lipinski definition) is 8. The Morgan fingerprint density at radius 2 is 1.93 bits per heavy atom. The molecule has 0 spiro atoms. The Hall–Kier alpha value is -3.82. The SMILES string of the molecule is C[C@@H](NC(=O)COC(=O)c1ccc(N(C)C)c([N+](=O)[O-])c1)c1ccc2c(c1)OCO2. The predicted octanol–water partition coefficient (Wildman–Crippen LogP) is 2.42. The van der Waals surface area contributed by atoms with E-state index in [2.05, 4.69) is 5.32 Å². The molecule has 1 aliphatic rings. The van der Waals surface area contributed by atoms with E-state index < -0.39 is 23.4 Å². The third kappa shape index (κ3) is 4.59. The fourth-order valence-corrected chi connectivity index (χ4v) is 2.94. The Kier molecular flexibility index (Phi) is 6.05. The Bertz CT molecular complexity index is 990. The van der Waals surface area contributed by atoms with E-state index in [1.165, 1.54) is 12.1 Å². The van der Waals surface area contributed by atoms with Crippen LogP contribution in [0, 0.1) is 10.1 Å². The van der Waals surface area contributed by atoms with Crippen LogP contribution in [0.3, 0.4) is 0 Å². The molecule has 158 valence electrons. The van der Waals surface area contributed by atoms with Gasteiger partial charge in [-0.05, 0) is 36.8 Å². The summed E-state index contributed by atoms with van der Waals surface area (Å²) in [5.41, 5.74) is 0.917. The number of fused-ring (bicyclic) bond motifs is 1. The summed E-state index contributed by atoms with van der Waals surface area (Å²) in [6, 6.07) is 8.97. The molecule has 1 amide bonds. The van der Waals surface area contributed by atoms with Gasteiger partial charge in [0.2, 0.25) is 6.79 Å². The lowest BCUT2D eigenvalue weighted by Gasteiger charge is -2.15. The molecule has 10 heteroatoms. The van der Waals surface area contributed by atoms with Gasteiger partial charge in [0.15, 0.2) is 18.1 Å². The van der Waals surface area contributed by atoms with Crippen molar-refractivity contribution in [2.45, 2.75) is 13.0 Å². The molecule has 3 rings (SSSR count). The summed E-state index contributed by atoms with van der Waals surface area (Å²) in [6.45, 7) is 1.42. The average Bonchev–Trinajstić information content (AvgIpc) is 3.19. The van der Waals surface area contributed by atoms with E-state index in [9.17, 15) is 19.7 Å². The number of hydrogen-bond donors (Lipinski definition) is 1. The van der Waals surface area contributed by atoms with Crippen molar-refractivity contribution in [3.05, 3.63) is 57.6 Å². The summed E-state index contributed by atoms with van der Waals surface area (Å²) in [5.74, 6) is -0.0920. The van der Waals surface area contributed by atoms with Crippen molar-refractivity contribution in [1.29, 1.82) is 0 Å². The fraction of sp³-hybridized carbons (Fsp3) is 0.300. The lowest BCUT2D eigenvalue weighted by molar-refractivity contribution is -0.384. The zero-order valence-electron chi connectivity index (χ0n) is 16.7. The normalized spacial score (nSPS) is 12.8. The van der Waals surface area contributed by atoms with Crippen molar-refractivity contribution < 1.29 is 28.7 Å². The van der Waals surface area contributed by atoms with E-state index in [4.69, 9.17) is 14.2 Å². The monoisotopic (exact) mass is 415 g/mol. The highest BCUT2D eigenvalue weighted by Crippen LogP contribution is 2.34. The first kappa shape index (κ1) is 20.9. The number of esters is 1. The Morgan fingerprint density at radius 3 is 2.63 bits per heavy atom. The second-order valence-corrected chi connectivity index (χ2v) is 6.83. The zero-order chi connectivity index (χ0) is 21.8. The molecule has 0 aliphatic carbocycles. The van der Waals surface area contributed by atoms with E-state index in [0.717, 1.165) is 11.6 Å². The van der Waals surface area contributed by atoms with Gasteiger partial charge in [-0.2, -0.15) is 0 Å². The average molecular weight is 415 g/mol. The Morgan fingerprint density at radius 1 is 1.20 bits per heavy atom. The number of amides is 1. The van der Waals surface area contributed by atoms with Crippen LogP contribution in [-0.2, 0) is 9.53 Å². The lowest BCUT2D eigenvalue weighted by Crippen LogP contribution is -2.31. The molecular weight excluding hydrogens is 394 g/mol. The van der Waals surface area contributed by atoms with E-state index >= 15 is 0 Å². The number of benzene rings is 2. The van der Waals surface area contributed by atoms with Gasteiger partial charge in [-0.25, -0.2) is 4.79 Å². The van der Waals surface area contributed by atoms with Crippen LogP contribution in [0.2, 0.25) is 0 Å². The van der Waals surface area contributed by atoms with Gasteiger partial charge in [0.25, 0.3) is 11.6 Å². The molecule has 2 aromatic rings. The molecule has 1 N–H and O–H groups in total. The minimum atomic E-state index is -0.825. The van der Waals surface area contributed by atoms with Gasteiger partial charge in [-0.1, -0.05) is 6.07 Å². The second kappa shape index (κ2) is 8.68. The fourth-order valence-electron chi connectivity index (χ4n) is 2.94.